The van der Waals surface area contributed by atoms with Gasteiger partial charge in [-0.15, -0.1) is 0 Å². The highest BCUT2D eigenvalue weighted by Crippen LogP contribution is 2.22. The molecule has 1 aliphatic rings. The highest BCUT2D eigenvalue weighted by molar-refractivity contribution is 5.80. The molecule has 1 fully saturated rings. The van der Waals surface area contributed by atoms with E-state index in [1.165, 1.54) is 16.7 Å². The molecule has 0 radical (unpaired) electrons. The molecule has 1 N–H and O–H groups in total. The van der Waals surface area contributed by atoms with Crippen LogP contribution in [-0.2, 0) is 17.8 Å². The Morgan fingerprint density at radius 2 is 1.76 bits per heavy atom. The Kier molecular flexibility index (Phi) is 7.35. The summed E-state index contributed by atoms with van der Waals surface area (Å²) < 4.78 is 1.81. The van der Waals surface area contributed by atoms with Crippen LogP contribution in [0.25, 0.3) is 11.0 Å². The Hall–Kier alpha value is -3.93. The molecule has 6 nitrogen and oxygen atoms in total. The van der Waals surface area contributed by atoms with E-state index in [0.717, 1.165) is 42.4 Å². The second-order valence-electron chi connectivity index (χ2n) is 10.1. The Morgan fingerprint density at radius 1 is 1.00 bits per heavy atom. The molecular formula is C31H34N4O2. The fourth-order valence-electron chi connectivity index (χ4n) is 5.16. The normalized spacial score (nSPS) is 15.6. The quantitative estimate of drug-likeness (QED) is 0.407. The lowest BCUT2D eigenvalue weighted by Crippen LogP contribution is -2.46. The van der Waals surface area contributed by atoms with Crippen LogP contribution in [0.4, 0.5) is 5.82 Å². The molecule has 3 aromatic carbocycles. The van der Waals surface area contributed by atoms with E-state index in [0.29, 0.717) is 25.5 Å². The van der Waals surface area contributed by atoms with E-state index in [-0.39, 0.29) is 17.4 Å². The summed E-state index contributed by atoms with van der Waals surface area (Å²) in [7, 11) is 0. The number of amides is 1. The monoisotopic (exact) mass is 494 g/mol. The smallest absolute Gasteiger partial charge is 0.294 e. The molecule has 0 saturated carbocycles. The molecule has 0 bridgehead atoms. The molecule has 1 atom stereocenters. The SMILES string of the molecule is Cc1ccc(Cn2c(=O)c(N3CCCC(C(=O)NCCc4ccccc4C)C3)nc3ccccc32)cc1. The van der Waals surface area contributed by atoms with Crippen molar-refractivity contribution in [1.29, 1.82) is 0 Å². The van der Waals surface area contributed by atoms with Crippen LogP contribution in [0, 0.1) is 19.8 Å². The number of aromatic nitrogens is 2. The zero-order valence-electron chi connectivity index (χ0n) is 21.6. The van der Waals surface area contributed by atoms with Crippen LogP contribution in [-0.4, -0.2) is 35.1 Å². The summed E-state index contributed by atoms with van der Waals surface area (Å²) in [5.41, 5.74) is 6.24. The van der Waals surface area contributed by atoms with E-state index in [1.54, 1.807) is 0 Å². The van der Waals surface area contributed by atoms with Crippen molar-refractivity contribution in [2.75, 3.05) is 24.5 Å². The third-order valence-electron chi connectivity index (χ3n) is 7.34. The molecule has 1 aromatic heterocycles. The molecule has 37 heavy (non-hydrogen) atoms. The Bertz CT molecular complexity index is 1460. The highest BCUT2D eigenvalue weighted by Gasteiger charge is 2.28. The first-order valence-electron chi connectivity index (χ1n) is 13.1. The summed E-state index contributed by atoms with van der Waals surface area (Å²) in [5, 5.41) is 3.12. The Labute approximate surface area is 218 Å². The number of carbonyl (C=O) groups is 1. The number of carbonyl (C=O) groups excluding carboxylic acids is 1. The third-order valence-corrected chi connectivity index (χ3v) is 7.34. The molecule has 1 saturated heterocycles. The number of aryl methyl sites for hydroxylation is 2. The van der Waals surface area contributed by atoms with Crippen LogP contribution in [0.15, 0.2) is 77.6 Å². The average molecular weight is 495 g/mol. The number of benzene rings is 3. The maximum Gasteiger partial charge on any atom is 0.294 e. The van der Waals surface area contributed by atoms with Crippen LogP contribution < -0.4 is 15.8 Å². The lowest BCUT2D eigenvalue weighted by Gasteiger charge is -2.33. The van der Waals surface area contributed by atoms with Crippen molar-refractivity contribution in [1.82, 2.24) is 14.9 Å². The molecule has 6 heteroatoms. The number of anilines is 1. The van der Waals surface area contributed by atoms with Gasteiger partial charge in [-0.2, -0.15) is 0 Å². The van der Waals surface area contributed by atoms with Gasteiger partial charge in [-0.05, 0) is 61.9 Å². The summed E-state index contributed by atoms with van der Waals surface area (Å²) in [6, 6.07) is 24.3. The van der Waals surface area contributed by atoms with Gasteiger partial charge in [-0.1, -0.05) is 66.2 Å². The second-order valence-corrected chi connectivity index (χ2v) is 10.1. The summed E-state index contributed by atoms with van der Waals surface area (Å²) in [6.45, 7) is 6.46. The van der Waals surface area contributed by atoms with Crippen LogP contribution in [0.2, 0.25) is 0 Å². The van der Waals surface area contributed by atoms with Crippen molar-refractivity contribution in [3.63, 3.8) is 0 Å². The first kappa shape index (κ1) is 24.8. The number of fused-ring (bicyclic) bond motifs is 1. The first-order valence-corrected chi connectivity index (χ1v) is 13.1. The van der Waals surface area contributed by atoms with Crippen molar-refractivity contribution >= 4 is 22.8 Å². The summed E-state index contributed by atoms with van der Waals surface area (Å²) in [5.74, 6) is 0.325. The summed E-state index contributed by atoms with van der Waals surface area (Å²) >= 11 is 0. The van der Waals surface area contributed by atoms with Gasteiger partial charge >= 0.3 is 0 Å². The van der Waals surface area contributed by atoms with E-state index in [2.05, 4.69) is 55.6 Å². The number of rotatable bonds is 7. The molecular weight excluding hydrogens is 460 g/mol. The summed E-state index contributed by atoms with van der Waals surface area (Å²) in [4.78, 5) is 33.6. The van der Waals surface area contributed by atoms with Gasteiger partial charge in [0.15, 0.2) is 5.82 Å². The van der Waals surface area contributed by atoms with Crippen molar-refractivity contribution in [3.05, 3.63) is 105 Å². The highest BCUT2D eigenvalue weighted by atomic mass is 16.2. The van der Waals surface area contributed by atoms with E-state index < -0.39 is 0 Å². The molecule has 1 amide bonds. The number of hydrogen-bond donors (Lipinski definition) is 1. The van der Waals surface area contributed by atoms with Crippen molar-refractivity contribution in [2.24, 2.45) is 5.92 Å². The fraction of sp³-hybridized carbons (Fsp3) is 0.323. The number of para-hydroxylation sites is 2. The topological polar surface area (TPSA) is 67.2 Å². The molecule has 1 unspecified atom stereocenters. The van der Waals surface area contributed by atoms with E-state index in [4.69, 9.17) is 4.98 Å². The minimum Gasteiger partial charge on any atom is -0.355 e. The molecule has 5 rings (SSSR count). The van der Waals surface area contributed by atoms with Gasteiger partial charge in [0.2, 0.25) is 5.91 Å². The third kappa shape index (κ3) is 5.58. The number of nitrogens with zero attached hydrogens (tertiary/aromatic N) is 3. The largest absolute Gasteiger partial charge is 0.355 e. The van der Waals surface area contributed by atoms with Gasteiger partial charge in [0.25, 0.3) is 5.56 Å². The predicted octanol–water partition coefficient (Wildman–Crippen LogP) is 4.64. The molecule has 2 heterocycles. The predicted molar refractivity (Wildman–Crippen MR) is 149 cm³/mol. The van der Waals surface area contributed by atoms with Gasteiger partial charge in [0.1, 0.15) is 0 Å². The first-order chi connectivity index (χ1) is 18.0. The van der Waals surface area contributed by atoms with E-state index in [1.807, 2.05) is 45.9 Å². The Morgan fingerprint density at radius 3 is 2.57 bits per heavy atom. The zero-order valence-corrected chi connectivity index (χ0v) is 21.6. The average Bonchev–Trinajstić information content (AvgIpc) is 2.92. The minimum absolute atomic E-state index is 0.0547. The number of hydrogen-bond acceptors (Lipinski definition) is 4. The zero-order chi connectivity index (χ0) is 25.8. The molecule has 0 spiro atoms. The van der Waals surface area contributed by atoms with Gasteiger partial charge in [0.05, 0.1) is 23.5 Å². The van der Waals surface area contributed by atoms with Crippen molar-refractivity contribution < 1.29 is 4.79 Å². The molecule has 4 aromatic rings. The fourth-order valence-corrected chi connectivity index (χ4v) is 5.16. The van der Waals surface area contributed by atoms with Gasteiger partial charge in [0, 0.05) is 19.6 Å². The van der Waals surface area contributed by atoms with Crippen molar-refractivity contribution in [2.45, 2.75) is 39.7 Å². The standard InChI is InChI=1S/C31H34N4O2/c1-22-13-15-24(16-14-22)20-35-28-12-6-5-11-27(28)33-29(31(35)37)34-19-7-10-26(21-34)30(36)32-18-17-25-9-4-3-8-23(25)2/h3-6,8-9,11-16,26H,7,10,17-21H2,1-2H3,(H,32,36). The Balaban J connectivity index is 1.34. The van der Waals surface area contributed by atoms with Crippen molar-refractivity contribution in [3.8, 4) is 0 Å². The van der Waals surface area contributed by atoms with Crippen LogP contribution in [0.5, 0.6) is 0 Å². The van der Waals surface area contributed by atoms with Crippen LogP contribution >= 0.6 is 0 Å². The van der Waals surface area contributed by atoms with Gasteiger partial charge in [-0.25, -0.2) is 4.98 Å². The maximum atomic E-state index is 13.7. The maximum absolute atomic E-state index is 13.7. The second kappa shape index (κ2) is 11.0. The number of nitrogens with one attached hydrogen (secondary N) is 1. The van der Waals surface area contributed by atoms with Crippen LogP contribution in [0.3, 0.4) is 0 Å². The molecule has 0 aliphatic carbocycles. The lowest BCUT2D eigenvalue weighted by molar-refractivity contribution is -0.125. The van der Waals surface area contributed by atoms with Gasteiger partial charge in [-0.3, -0.25) is 14.2 Å². The number of piperidine rings is 1. The molecule has 190 valence electrons. The minimum atomic E-state index is -0.163. The van der Waals surface area contributed by atoms with E-state index >= 15 is 0 Å². The molecule has 1 aliphatic heterocycles. The lowest BCUT2D eigenvalue weighted by atomic mass is 9.97. The summed E-state index contributed by atoms with van der Waals surface area (Å²) in [6.07, 6.45) is 2.48. The van der Waals surface area contributed by atoms with E-state index in [9.17, 15) is 9.59 Å². The van der Waals surface area contributed by atoms with Gasteiger partial charge < -0.3 is 10.2 Å². The van der Waals surface area contributed by atoms with Crippen LogP contribution in [0.1, 0.15) is 35.1 Å².